The lowest BCUT2D eigenvalue weighted by molar-refractivity contribution is 0.103. The molecule has 1 aliphatic heterocycles. The average Bonchev–Trinajstić information content (AvgIpc) is 3.49. The maximum atomic E-state index is 13.1. The number of amides is 1. The number of hydrogen-bond donors (Lipinski definition) is 1. The van der Waals surface area contributed by atoms with Crippen LogP contribution in [0.1, 0.15) is 33.8 Å². The van der Waals surface area contributed by atoms with Crippen LogP contribution in [0.5, 0.6) is 0 Å². The molecule has 1 amide bonds. The number of fused-ring (bicyclic) bond motifs is 1. The van der Waals surface area contributed by atoms with Gasteiger partial charge in [-0.3, -0.25) is 9.48 Å². The fraction of sp³-hybridized carbons (Fsp3) is 0.250. The Morgan fingerprint density at radius 3 is 2.60 bits per heavy atom. The van der Waals surface area contributed by atoms with Crippen LogP contribution in [0, 0.1) is 6.92 Å². The van der Waals surface area contributed by atoms with E-state index in [-0.39, 0.29) is 5.91 Å². The number of nitrogens with zero attached hydrogens (tertiary/aromatic N) is 3. The number of carbonyl (C=O) groups is 1. The van der Waals surface area contributed by atoms with E-state index < -0.39 is 0 Å². The lowest BCUT2D eigenvalue weighted by Crippen LogP contribution is -2.20. The zero-order valence-electron chi connectivity index (χ0n) is 17.0. The summed E-state index contributed by atoms with van der Waals surface area (Å²) >= 11 is 1.50. The number of hydrogen-bond acceptors (Lipinski definition) is 4. The molecule has 1 N–H and O–H groups in total. The van der Waals surface area contributed by atoms with Gasteiger partial charge in [0, 0.05) is 18.5 Å². The highest BCUT2D eigenvalue weighted by Gasteiger charge is 2.20. The molecule has 0 aliphatic carbocycles. The fourth-order valence-electron chi connectivity index (χ4n) is 4.09. The molecular formula is C24H24N4OS. The first-order valence-corrected chi connectivity index (χ1v) is 11.2. The van der Waals surface area contributed by atoms with Crippen molar-refractivity contribution in [2.45, 2.75) is 26.3 Å². The van der Waals surface area contributed by atoms with Crippen LogP contribution in [0.2, 0.25) is 0 Å². The molecule has 5 rings (SSSR count). The lowest BCUT2D eigenvalue weighted by atomic mass is 10.2. The van der Waals surface area contributed by atoms with Crippen molar-refractivity contribution in [3.8, 4) is 0 Å². The highest BCUT2D eigenvalue weighted by Crippen LogP contribution is 2.32. The smallest absolute Gasteiger partial charge is 0.265 e. The van der Waals surface area contributed by atoms with Crippen molar-refractivity contribution in [3.05, 3.63) is 76.8 Å². The van der Waals surface area contributed by atoms with E-state index in [1.54, 1.807) is 0 Å². The van der Waals surface area contributed by atoms with Crippen LogP contribution in [-0.4, -0.2) is 28.8 Å². The highest BCUT2D eigenvalue weighted by atomic mass is 32.1. The molecule has 1 aliphatic rings. The van der Waals surface area contributed by atoms with E-state index in [0.717, 1.165) is 40.4 Å². The van der Waals surface area contributed by atoms with Crippen molar-refractivity contribution >= 4 is 38.8 Å². The number of para-hydroxylation sites is 2. The summed E-state index contributed by atoms with van der Waals surface area (Å²) < 4.78 is 2.00. The number of anilines is 2. The number of carbonyl (C=O) groups excluding carboxylic acids is 1. The Hall–Kier alpha value is -3.12. The third-order valence-electron chi connectivity index (χ3n) is 5.61. The second-order valence-electron chi connectivity index (χ2n) is 7.72. The minimum Gasteiger partial charge on any atom is -0.370 e. The van der Waals surface area contributed by atoms with Gasteiger partial charge in [0.05, 0.1) is 28.5 Å². The first kappa shape index (κ1) is 18.9. The van der Waals surface area contributed by atoms with Crippen LogP contribution in [-0.2, 0) is 6.54 Å². The highest BCUT2D eigenvalue weighted by molar-refractivity contribution is 7.20. The van der Waals surface area contributed by atoms with Crippen molar-refractivity contribution < 1.29 is 4.79 Å². The maximum absolute atomic E-state index is 13.1. The van der Waals surface area contributed by atoms with Crippen molar-refractivity contribution in [3.63, 3.8) is 0 Å². The van der Waals surface area contributed by atoms with Gasteiger partial charge in [0.1, 0.15) is 4.83 Å². The topological polar surface area (TPSA) is 50.2 Å². The molecule has 0 radical (unpaired) electrons. The quantitative estimate of drug-likeness (QED) is 0.480. The maximum Gasteiger partial charge on any atom is 0.265 e. The Balaban J connectivity index is 1.42. The Morgan fingerprint density at radius 1 is 1.07 bits per heavy atom. The zero-order chi connectivity index (χ0) is 20.5. The molecule has 1 saturated heterocycles. The van der Waals surface area contributed by atoms with Crippen LogP contribution >= 0.6 is 11.3 Å². The molecular weight excluding hydrogens is 392 g/mol. The summed E-state index contributed by atoms with van der Waals surface area (Å²) in [4.78, 5) is 17.2. The summed E-state index contributed by atoms with van der Waals surface area (Å²) in [5.41, 5.74) is 4.13. The summed E-state index contributed by atoms with van der Waals surface area (Å²) in [6, 6.07) is 20.3. The third kappa shape index (κ3) is 3.59. The van der Waals surface area contributed by atoms with E-state index >= 15 is 0 Å². The van der Waals surface area contributed by atoms with Gasteiger partial charge in [-0.25, -0.2) is 0 Å². The average molecular weight is 417 g/mol. The van der Waals surface area contributed by atoms with Crippen LogP contribution in [0.15, 0.2) is 60.7 Å². The predicted octanol–water partition coefficient (Wildman–Crippen LogP) is 5.31. The Bertz CT molecular complexity index is 1190. The molecule has 0 spiro atoms. The van der Waals surface area contributed by atoms with Gasteiger partial charge in [0.25, 0.3) is 5.91 Å². The Labute approximate surface area is 179 Å². The molecule has 6 heteroatoms. The summed E-state index contributed by atoms with van der Waals surface area (Å²) in [6.45, 7) is 4.79. The molecule has 5 nitrogen and oxygen atoms in total. The summed E-state index contributed by atoms with van der Waals surface area (Å²) in [5, 5.41) is 8.88. The van der Waals surface area contributed by atoms with Gasteiger partial charge in [0.15, 0.2) is 0 Å². The number of thiophene rings is 1. The molecule has 2 aromatic carbocycles. The normalized spacial score (nSPS) is 13.8. The molecule has 2 aromatic heterocycles. The van der Waals surface area contributed by atoms with Crippen LogP contribution in [0.4, 0.5) is 11.4 Å². The number of benzene rings is 2. The molecule has 0 bridgehead atoms. The minimum absolute atomic E-state index is 0.0616. The van der Waals surface area contributed by atoms with Gasteiger partial charge < -0.3 is 10.2 Å². The van der Waals surface area contributed by atoms with Gasteiger partial charge in [-0.2, -0.15) is 5.10 Å². The van der Waals surface area contributed by atoms with Gasteiger partial charge in [-0.15, -0.1) is 11.3 Å². The second-order valence-corrected chi connectivity index (χ2v) is 8.75. The van der Waals surface area contributed by atoms with Gasteiger partial charge >= 0.3 is 0 Å². The molecule has 4 aromatic rings. The van der Waals surface area contributed by atoms with E-state index in [9.17, 15) is 4.79 Å². The molecule has 30 heavy (non-hydrogen) atoms. The van der Waals surface area contributed by atoms with Gasteiger partial charge in [-0.1, -0.05) is 42.5 Å². The molecule has 0 saturated carbocycles. The van der Waals surface area contributed by atoms with Gasteiger partial charge in [-0.05, 0) is 43.5 Å². The largest absolute Gasteiger partial charge is 0.370 e. The van der Waals surface area contributed by atoms with E-state index in [1.165, 1.54) is 29.7 Å². The standard InChI is InChI=1S/C24H24N4OS/c1-17-19-15-22(30-24(19)28(26-17)16-18-9-3-2-4-10-18)23(29)25-20-11-5-6-12-21(20)27-13-7-8-14-27/h2-6,9-12,15H,7-8,13-14,16H2,1H3,(H,25,29). The van der Waals surface area contributed by atoms with Crippen LogP contribution in [0.3, 0.4) is 0 Å². The summed E-state index contributed by atoms with van der Waals surface area (Å²) in [5.74, 6) is -0.0616. The predicted molar refractivity (Wildman–Crippen MR) is 124 cm³/mol. The van der Waals surface area contributed by atoms with Crippen molar-refractivity contribution in [1.29, 1.82) is 0 Å². The van der Waals surface area contributed by atoms with E-state index in [4.69, 9.17) is 0 Å². The zero-order valence-corrected chi connectivity index (χ0v) is 17.8. The van der Waals surface area contributed by atoms with E-state index in [1.807, 2.05) is 54.1 Å². The monoisotopic (exact) mass is 416 g/mol. The van der Waals surface area contributed by atoms with Crippen LogP contribution in [0.25, 0.3) is 10.2 Å². The molecule has 1 fully saturated rings. The fourth-order valence-corrected chi connectivity index (χ4v) is 5.14. The number of aromatic nitrogens is 2. The molecule has 0 unspecified atom stereocenters. The summed E-state index contributed by atoms with van der Waals surface area (Å²) in [6.07, 6.45) is 2.41. The first-order chi connectivity index (χ1) is 14.7. The van der Waals surface area contributed by atoms with Crippen molar-refractivity contribution in [1.82, 2.24) is 9.78 Å². The molecule has 0 atom stereocenters. The van der Waals surface area contributed by atoms with Gasteiger partial charge in [0.2, 0.25) is 0 Å². The third-order valence-corrected chi connectivity index (χ3v) is 6.75. The Morgan fingerprint density at radius 2 is 1.80 bits per heavy atom. The van der Waals surface area contributed by atoms with E-state index in [0.29, 0.717) is 11.4 Å². The van der Waals surface area contributed by atoms with Crippen LogP contribution < -0.4 is 10.2 Å². The number of rotatable bonds is 5. The lowest BCUT2D eigenvalue weighted by Gasteiger charge is -2.21. The number of aryl methyl sites for hydroxylation is 1. The van der Waals surface area contributed by atoms with Crippen molar-refractivity contribution in [2.24, 2.45) is 0 Å². The van der Waals surface area contributed by atoms with E-state index in [2.05, 4.69) is 33.5 Å². The molecule has 3 heterocycles. The van der Waals surface area contributed by atoms with Crippen molar-refractivity contribution in [2.75, 3.05) is 23.3 Å². The minimum atomic E-state index is -0.0616. The SMILES string of the molecule is Cc1nn(Cc2ccccc2)c2sc(C(=O)Nc3ccccc3N3CCCC3)cc12. The second kappa shape index (κ2) is 7.95. The first-order valence-electron chi connectivity index (χ1n) is 10.4. The Kier molecular flexibility index (Phi) is 5.01. The molecule has 152 valence electrons. The number of nitrogens with one attached hydrogen (secondary N) is 1. The summed E-state index contributed by atoms with van der Waals surface area (Å²) in [7, 11) is 0.